The van der Waals surface area contributed by atoms with Gasteiger partial charge < -0.3 is 15.3 Å². The Morgan fingerprint density at radius 2 is 1.75 bits per heavy atom. The second kappa shape index (κ2) is 9.55. The Bertz CT molecular complexity index is 556. The molecule has 0 heterocycles. The Balaban J connectivity index is 2.48. The fraction of sp³-hybridized carbons (Fsp3) is 0.579. The monoisotopic (exact) mass is 336 g/mol. The number of aliphatic carboxylic acids is 1. The Morgan fingerprint density at radius 1 is 1.12 bits per heavy atom. The van der Waals surface area contributed by atoms with Crippen molar-refractivity contribution < 1.29 is 24.9 Å². The lowest BCUT2D eigenvalue weighted by Crippen LogP contribution is -2.41. The van der Waals surface area contributed by atoms with Gasteiger partial charge in [0.15, 0.2) is 5.78 Å². The van der Waals surface area contributed by atoms with Crippen molar-refractivity contribution in [2.45, 2.75) is 65.1 Å². The van der Waals surface area contributed by atoms with E-state index in [1.54, 1.807) is 6.92 Å². The number of carbonyl (C=O) groups excluding carboxylic acids is 1. The summed E-state index contributed by atoms with van der Waals surface area (Å²) < 4.78 is 0. The molecule has 5 heteroatoms. The van der Waals surface area contributed by atoms with Crippen LogP contribution in [0.1, 0.15) is 52.9 Å². The predicted octanol–water partition coefficient (Wildman–Crippen LogP) is 2.78. The lowest BCUT2D eigenvalue weighted by molar-refractivity contribution is -0.137. The van der Waals surface area contributed by atoms with E-state index in [1.807, 2.05) is 26.0 Å². The van der Waals surface area contributed by atoms with Crippen LogP contribution in [0.3, 0.4) is 0 Å². The van der Waals surface area contributed by atoms with Crippen LogP contribution in [0.15, 0.2) is 34.9 Å². The van der Waals surface area contributed by atoms with Crippen LogP contribution in [0, 0.1) is 5.92 Å². The SMILES string of the molecule is CC(=CCC1C(=O)C=C(C)C(O)C1O)CCC=C(C)CCC(=O)O. The fourth-order valence-corrected chi connectivity index (χ4v) is 2.71. The number of allylic oxidation sites excluding steroid dienone is 5. The average molecular weight is 336 g/mol. The van der Waals surface area contributed by atoms with Crippen LogP contribution >= 0.6 is 0 Å². The number of hydrogen-bond acceptors (Lipinski definition) is 4. The number of aliphatic hydroxyl groups is 2. The van der Waals surface area contributed by atoms with E-state index in [1.165, 1.54) is 6.08 Å². The van der Waals surface area contributed by atoms with Gasteiger partial charge in [-0.2, -0.15) is 0 Å². The molecule has 0 aromatic heterocycles. The molecule has 0 spiro atoms. The summed E-state index contributed by atoms with van der Waals surface area (Å²) in [5.41, 5.74) is 2.68. The zero-order valence-corrected chi connectivity index (χ0v) is 14.7. The van der Waals surface area contributed by atoms with Crippen molar-refractivity contribution >= 4 is 11.8 Å². The fourth-order valence-electron chi connectivity index (χ4n) is 2.71. The third kappa shape index (κ3) is 6.42. The number of carbonyl (C=O) groups is 2. The van der Waals surface area contributed by atoms with Gasteiger partial charge in [-0.15, -0.1) is 0 Å². The Kier molecular flexibility index (Phi) is 8.08. The smallest absolute Gasteiger partial charge is 0.303 e. The van der Waals surface area contributed by atoms with Gasteiger partial charge in [-0.1, -0.05) is 23.3 Å². The average Bonchev–Trinajstić information content (AvgIpc) is 2.50. The topological polar surface area (TPSA) is 94.8 Å². The van der Waals surface area contributed by atoms with Crippen molar-refractivity contribution in [3.8, 4) is 0 Å². The highest BCUT2D eigenvalue weighted by Gasteiger charge is 2.35. The van der Waals surface area contributed by atoms with Gasteiger partial charge in [0.25, 0.3) is 0 Å². The molecule has 24 heavy (non-hydrogen) atoms. The lowest BCUT2D eigenvalue weighted by atomic mass is 9.82. The summed E-state index contributed by atoms with van der Waals surface area (Å²) in [4.78, 5) is 22.5. The van der Waals surface area contributed by atoms with Crippen LogP contribution in [0.4, 0.5) is 0 Å². The van der Waals surface area contributed by atoms with Crippen LogP contribution in [-0.4, -0.2) is 39.3 Å². The lowest BCUT2D eigenvalue weighted by Gasteiger charge is -2.29. The quantitative estimate of drug-likeness (QED) is 0.593. The maximum atomic E-state index is 12.0. The summed E-state index contributed by atoms with van der Waals surface area (Å²) in [6.07, 6.45) is 6.12. The van der Waals surface area contributed by atoms with Crippen LogP contribution in [0.5, 0.6) is 0 Å². The molecular weight excluding hydrogens is 308 g/mol. The number of aliphatic hydroxyl groups excluding tert-OH is 2. The molecule has 1 aliphatic rings. The van der Waals surface area contributed by atoms with E-state index in [0.29, 0.717) is 18.4 Å². The van der Waals surface area contributed by atoms with E-state index in [0.717, 1.165) is 24.0 Å². The molecule has 0 bridgehead atoms. The van der Waals surface area contributed by atoms with Crippen molar-refractivity contribution in [2.75, 3.05) is 0 Å². The molecule has 134 valence electrons. The van der Waals surface area contributed by atoms with E-state index >= 15 is 0 Å². The van der Waals surface area contributed by atoms with Crippen molar-refractivity contribution in [2.24, 2.45) is 5.92 Å². The van der Waals surface area contributed by atoms with E-state index in [-0.39, 0.29) is 12.2 Å². The van der Waals surface area contributed by atoms with Crippen LogP contribution in [0.25, 0.3) is 0 Å². The van der Waals surface area contributed by atoms with E-state index < -0.39 is 24.1 Å². The highest BCUT2D eigenvalue weighted by molar-refractivity contribution is 5.94. The molecule has 0 aromatic carbocycles. The summed E-state index contributed by atoms with van der Waals surface area (Å²) >= 11 is 0. The maximum Gasteiger partial charge on any atom is 0.303 e. The van der Waals surface area contributed by atoms with E-state index in [4.69, 9.17) is 5.11 Å². The number of ketones is 1. The minimum Gasteiger partial charge on any atom is -0.481 e. The normalized spacial score (nSPS) is 25.6. The first-order valence-electron chi connectivity index (χ1n) is 8.33. The minimum absolute atomic E-state index is 0.140. The minimum atomic E-state index is -1.05. The van der Waals surface area contributed by atoms with Gasteiger partial charge in [-0.25, -0.2) is 0 Å². The summed E-state index contributed by atoms with van der Waals surface area (Å²) in [6, 6.07) is 0. The highest BCUT2D eigenvalue weighted by Crippen LogP contribution is 2.25. The van der Waals surface area contributed by atoms with Gasteiger partial charge in [-0.05, 0) is 58.1 Å². The maximum absolute atomic E-state index is 12.0. The van der Waals surface area contributed by atoms with Gasteiger partial charge in [-0.3, -0.25) is 9.59 Å². The van der Waals surface area contributed by atoms with Gasteiger partial charge in [0.1, 0.15) is 6.10 Å². The van der Waals surface area contributed by atoms with Crippen LogP contribution < -0.4 is 0 Å². The summed E-state index contributed by atoms with van der Waals surface area (Å²) in [5, 5.41) is 28.5. The number of carboxylic acids is 1. The first kappa shape index (κ1) is 20.3. The molecule has 0 saturated carbocycles. The molecule has 3 unspecified atom stereocenters. The molecule has 0 saturated heterocycles. The molecule has 1 rings (SSSR count). The first-order valence-corrected chi connectivity index (χ1v) is 8.33. The first-order chi connectivity index (χ1) is 11.2. The van der Waals surface area contributed by atoms with Crippen LogP contribution in [0.2, 0.25) is 0 Å². The van der Waals surface area contributed by atoms with Gasteiger partial charge in [0.05, 0.1) is 12.0 Å². The number of carboxylic acid groups (broad SMARTS) is 1. The molecule has 0 radical (unpaired) electrons. The molecule has 0 amide bonds. The third-order valence-electron chi connectivity index (χ3n) is 4.42. The number of hydrogen-bond donors (Lipinski definition) is 3. The van der Waals surface area contributed by atoms with E-state index in [9.17, 15) is 19.8 Å². The molecule has 1 aliphatic carbocycles. The molecule has 0 fully saturated rings. The Hall–Kier alpha value is -1.72. The second-order valence-corrected chi connectivity index (χ2v) is 6.60. The van der Waals surface area contributed by atoms with Crippen LogP contribution in [-0.2, 0) is 9.59 Å². The van der Waals surface area contributed by atoms with Crippen molar-refractivity contribution in [3.05, 3.63) is 34.9 Å². The largest absolute Gasteiger partial charge is 0.481 e. The number of rotatable bonds is 8. The van der Waals surface area contributed by atoms with Gasteiger partial charge in [0, 0.05) is 6.42 Å². The van der Waals surface area contributed by atoms with E-state index in [2.05, 4.69) is 0 Å². The highest BCUT2D eigenvalue weighted by atomic mass is 16.4. The van der Waals surface area contributed by atoms with Gasteiger partial charge in [0.2, 0.25) is 0 Å². The Morgan fingerprint density at radius 3 is 2.38 bits per heavy atom. The molecule has 0 aromatic rings. The molecule has 0 aliphatic heterocycles. The summed E-state index contributed by atoms with van der Waals surface area (Å²) in [5.74, 6) is -1.52. The zero-order chi connectivity index (χ0) is 18.3. The molecular formula is C19H28O5. The van der Waals surface area contributed by atoms with Crippen molar-refractivity contribution in [1.82, 2.24) is 0 Å². The van der Waals surface area contributed by atoms with Crippen molar-refractivity contribution in [3.63, 3.8) is 0 Å². The molecule has 5 nitrogen and oxygen atoms in total. The zero-order valence-electron chi connectivity index (χ0n) is 14.7. The molecule has 3 N–H and O–H groups in total. The second-order valence-electron chi connectivity index (χ2n) is 6.60. The third-order valence-corrected chi connectivity index (χ3v) is 4.42. The van der Waals surface area contributed by atoms with Gasteiger partial charge >= 0.3 is 5.97 Å². The van der Waals surface area contributed by atoms with Crippen molar-refractivity contribution in [1.29, 1.82) is 0 Å². The summed E-state index contributed by atoms with van der Waals surface area (Å²) in [6.45, 7) is 5.54. The standard InChI is InChI=1S/C19H28O5/c1-12(5-4-6-13(2)8-10-17(21)22)7-9-15-16(20)11-14(3)18(23)19(15)24/h6-7,11,15,18-19,23-24H,4-5,8-10H2,1-3H3,(H,21,22). The molecule has 3 atom stereocenters. The predicted molar refractivity (Wildman–Crippen MR) is 92.5 cm³/mol. The summed E-state index contributed by atoms with van der Waals surface area (Å²) in [7, 11) is 0. The Labute approximate surface area is 143 Å².